The quantitative estimate of drug-likeness (QED) is 0.808. The first kappa shape index (κ1) is 14.5. The Morgan fingerprint density at radius 2 is 0.950 bits per heavy atom. The van der Waals surface area contributed by atoms with Crippen LogP contribution in [0.5, 0.6) is 0 Å². The summed E-state index contributed by atoms with van der Waals surface area (Å²) < 4.78 is 12.5. The second-order valence-corrected chi connectivity index (χ2v) is 6.74. The molecular formula is C16H20N2OP. The van der Waals surface area contributed by atoms with Crippen molar-refractivity contribution >= 4 is 29.8 Å². The molecule has 0 unspecified atom stereocenters. The van der Waals surface area contributed by atoms with E-state index < -0.39 is 7.80 Å². The van der Waals surface area contributed by atoms with Crippen LogP contribution in [0.4, 0.5) is 11.4 Å². The Balaban J connectivity index is 2.22. The van der Waals surface area contributed by atoms with Crippen LogP contribution in [0.2, 0.25) is 0 Å². The lowest BCUT2D eigenvalue weighted by molar-refractivity contribution is 0.598. The summed E-state index contributed by atoms with van der Waals surface area (Å²) in [5.74, 6) is 0. The molecule has 2 rings (SSSR count). The first-order valence-corrected chi connectivity index (χ1v) is 7.77. The third-order valence-corrected chi connectivity index (χ3v) is 4.74. The molecule has 0 saturated heterocycles. The van der Waals surface area contributed by atoms with Gasteiger partial charge in [0.15, 0.2) is 0 Å². The third-order valence-electron chi connectivity index (χ3n) is 3.20. The average molecular weight is 287 g/mol. The minimum atomic E-state index is -1.52. The van der Waals surface area contributed by atoms with Crippen molar-refractivity contribution in [1.82, 2.24) is 0 Å². The van der Waals surface area contributed by atoms with Crippen molar-refractivity contribution in [3.8, 4) is 0 Å². The zero-order chi connectivity index (χ0) is 14.7. The van der Waals surface area contributed by atoms with E-state index in [0.717, 1.165) is 22.0 Å². The first-order valence-electron chi connectivity index (χ1n) is 6.51. The van der Waals surface area contributed by atoms with Crippen molar-refractivity contribution in [3.63, 3.8) is 0 Å². The van der Waals surface area contributed by atoms with Gasteiger partial charge < -0.3 is 9.80 Å². The standard InChI is InChI=1S/C16H20N2OP/c1-17(2)13-5-9-15(10-6-13)20(19)16-11-7-14(8-12-16)18(3)4/h5-12H,1-4H3. The highest BCUT2D eigenvalue weighted by molar-refractivity contribution is 7.61. The van der Waals surface area contributed by atoms with Gasteiger partial charge in [-0.2, -0.15) is 0 Å². The van der Waals surface area contributed by atoms with Gasteiger partial charge in [-0.1, -0.05) is 0 Å². The van der Waals surface area contributed by atoms with Crippen molar-refractivity contribution in [3.05, 3.63) is 48.5 Å². The number of rotatable bonds is 4. The molecule has 4 heteroatoms. The minimum Gasteiger partial charge on any atom is -0.378 e. The summed E-state index contributed by atoms with van der Waals surface area (Å²) in [4.78, 5) is 4.06. The zero-order valence-corrected chi connectivity index (χ0v) is 13.3. The SMILES string of the molecule is CN(C)c1ccc([P](=O)c2ccc(N(C)C)cc2)cc1. The highest BCUT2D eigenvalue weighted by Gasteiger charge is 2.08. The molecule has 0 heterocycles. The van der Waals surface area contributed by atoms with E-state index in [1.807, 2.05) is 86.5 Å². The van der Waals surface area contributed by atoms with Crippen LogP contribution in [0.1, 0.15) is 0 Å². The molecule has 0 aromatic heterocycles. The topological polar surface area (TPSA) is 23.6 Å². The van der Waals surface area contributed by atoms with E-state index in [4.69, 9.17) is 0 Å². The van der Waals surface area contributed by atoms with Gasteiger partial charge in [-0.25, -0.2) is 0 Å². The Kier molecular flexibility index (Phi) is 4.41. The van der Waals surface area contributed by atoms with E-state index in [-0.39, 0.29) is 0 Å². The fourth-order valence-electron chi connectivity index (χ4n) is 1.92. The van der Waals surface area contributed by atoms with E-state index in [1.165, 1.54) is 0 Å². The number of nitrogens with zero attached hydrogens (tertiary/aromatic N) is 2. The van der Waals surface area contributed by atoms with Gasteiger partial charge in [-0.3, -0.25) is 4.57 Å². The van der Waals surface area contributed by atoms with Crippen LogP contribution in [0.3, 0.4) is 0 Å². The van der Waals surface area contributed by atoms with Crippen LogP contribution in [-0.4, -0.2) is 28.2 Å². The lowest BCUT2D eigenvalue weighted by Crippen LogP contribution is -2.12. The molecule has 2 aromatic carbocycles. The molecule has 20 heavy (non-hydrogen) atoms. The van der Waals surface area contributed by atoms with Gasteiger partial charge in [0.05, 0.1) is 0 Å². The largest absolute Gasteiger partial charge is 0.378 e. The zero-order valence-electron chi connectivity index (χ0n) is 12.4. The molecule has 0 fully saturated rings. The van der Waals surface area contributed by atoms with Crippen LogP contribution in [-0.2, 0) is 4.57 Å². The maximum absolute atomic E-state index is 12.5. The second-order valence-electron chi connectivity index (χ2n) is 5.12. The average Bonchev–Trinajstić information content (AvgIpc) is 2.46. The van der Waals surface area contributed by atoms with Crippen molar-refractivity contribution in [1.29, 1.82) is 0 Å². The molecule has 0 spiro atoms. The Labute approximate surface area is 121 Å². The highest BCUT2D eigenvalue weighted by Crippen LogP contribution is 2.22. The summed E-state index contributed by atoms with van der Waals surface area (Å²) in [6.45, 7) is 0. The summed E-state index contributed by atoms with van der Waals surface area (Å²) in [7, 11) is 6.46. The third kappa shape index (κ3) is 3.17. The molecule has 0 saturated carbocycles. The number of hydrogen-bond donors (Lipinski definition) is 0. The fourth-order valence-corrected chi connectivity index (χ4v) is 3.06. The summed E-state index contributed by atoms with van der Waals surface area (Å²) in [5.41, 5.74) is 2.22. The monoisotopic (exact) mass is 287 g/mol. The summed E-state index contributed by atoms with van der Waals surface area (Å²) in [6, 6.07) is 15.7. The van der Waals surface area contributed by atoms with Crippen LogP contribution in [0, 0.1) is 0 Å². The van der Waals surface area contributed by atoms with E-state index in [1.54, 1.807) is 0 Å². The van der Waals surface area contributed by atoms with Gasteiger partial charge in [-0.05, 0) is 48.5 Å². The molecule has 3 nitrogen and oxygen atoms in total. The Morgan fingerprint density at radius 1 is 0.650 bits per heavy atom. The molecule has 0 aliphatic rings. The van der Waals surface area contributed by atoms with Crippen LogP contribution in [0.25, 0.3) is 0 Å². The smallest absolute Gasteiger partial charge is 0.136 e. The molecule has 105 valence electrons. The molecule has 2 aromatic rings. The predicted molar refractivity (Wildman–Crippen MR) is 88.4 cm³/mol. The predicted octanol–water partition coefficient (Wildman–Crippen LogP) is 2.60. The summed E-state index contributed by atoms with van der Waals surface area (Å²) in [6.07, 6.45) is 0. The molecule has 1 radical (unpaired) electrons. The Bertz CT molecular complexity index is 535. The molecule has 0 aliphatic carbocycles. The summed E-state index contributed by atoms with van der Waals surface area (Å²) >= 11 is 0. The van der Waals surface area contributed by atoms with Crippen molar-refractivity contribution in [2.75, 3.05) is 38.0 Å². The van der Waals surface area contributed by atoms with Crippen molar-refractivity contribution in [2.45, 2.75) is 0 Å². The van der Waals surface area contributed by atoms with Gasteiger partial charge in [0, 0.05) is 50.2 Å². The Hall–Kier alpha value is -1.86. The molecular weight excluding hydrogens is 267 g/mol. The highest BCUT2D eigenvalue weighted by atomic mass is 31.1. The molecule has 0 bridgehead atoms. The van der Waals surface area contributed by atoms with E-state index >= 15 is 0 Å². The van der Waals surface area contributed by atoms with Crippen LogP contribution in [0.15, 0.2) is 48.5 Å². The van der Waals surface area contributed by atoms with Crippen LogP contribution >= 0.6 is 7.80 Å². The van der Waals surface area contributed by atoms with Crippen molar-refractivity contribution < 1.29 is 4.57 Å². The first-order chi connectivity index (χ1) is 9.49. The lowest BCUT2D eigenvalue weighted by Gasteiger charge is -2.13. The maximum Gasteiger partial charge on any atom is 0.136 e. The van der Waals surface area contributed by atoms with E-state index in [9.17, 15) is 4.57 Å². The molecule has 0 N–H and O–H groups in total. The minimum absolute atomic E-state index is 0.864. The summed E-state index contributed by atoms with van der Waals surface area (Å²) in [5, 5.41) is 1.73. The van der Waals surface area contributed by atoms with Gasteiger partial charge in [0.1, 0.15) is 7.80 Å². The lowest BCUT2D eigenvalue weighted by atomic mass is 10.3. The van der Waals surface area contributed by atoms with Crippen LogP contribution < -0.4 is 20.4 Å². The number of hydrogen-bond acceptors (Lipinski definition) is 3. The molecule has 0 atom stereocenters. The fraction of sp³-hybridized carbons (Fsp3) is 0.250. The Morgan fingerprint density at radius 3 is 1.20 bits per heavy atom. The van der Waals surface area contributed by atoms with Gasteiger partial charge >= 0.3 is 0 Å². The van der Waals surface area contributed by atoms with Gasteiger partial charge in [-0.15, -0.1) is 0 Å². The van der Waals surface area contributed by atoms with Gasteiger partial charge in [0.25, 0.3) is 0 Å². The normalized spacial score (nSPS) is 10.2. The molecule has 0 aliphatic heterocycles. The maximum atomic E-state index is 12.5. The number of anilines is 2. The van der Waals surface area contributed by atoms with E-state index in [2.05, 4.69) is 0 Å². The molecule has 0 amide bonds. The van der Waals surface area contributed by atoms with Gasteiger partial charge in [0.2, 0.25) is 0 Å². The van der Waals surface area contributed by atoms with Crippen molar-refractivity contribution in [2.24, 2.45) is 0 Å². The second kappa shape index (κ2) is 6.06. The van der Waals surface area contributed by atoms with E-state index in [0.29, 0.717) is 0 Å². The number of benzene rings is 2.